The second-order valence-electron chi connectivity index (χ2n) is 6.46. The van der Waals surface area contributed by atoms with Crippen LogP contribution in [0.3, 0.4) is 0 Å². The normalized spacial score (nSPS) is 10.7. The third kappa shape index (κ3) is 4.74. The lowest BCUT2D eigenvalue weighted by atomic mass is 10.2. The monoisotopic (exact) mass is 516 g/mol. The number of benzene rings is 3. The zero-order valence-corrected chi connectivity index (χ0v) is 19.2. The van der Waals surface area contributed by atoms with Gasteiger partial charge in [-0.05, 0) is 54.6 Å². The van der Waals surface area contributed by atoms with Crippen molar-refractivity contribution in [3.8, 4) is 22.8 Å². The average molecular weight is 518 g/mol. The molecule has 4 aromatic rings. The van der Waals surface area contributed by atoms with E-state index in [-0.39, 0.29) is 5.82 Å². The summed E-state index contributed by atoms with van der Waals surface area (Å²) in [5.41, 5.74) is 2.01. The van der Waals surface area contributed by atoms with Crippen LogP contribution in [0.1, 0.15) is 10.6 Å². The Kier molecular flexibility index (Phi) is 6.27. The predicted octanol–water partition coefficient (Wildman–Crippen LogP) is 6.26. The third-order valence-corrected chi connectivity index (χ3v) is 5.68. The van der Waals surface area contributed by atoms with E-state index in [0.717, 1.165) is 10.0 Å². The minimum absolute atomic E-state index is 0.0137. The molecule has 0 saturated heterocycles. The summed E-state index contributed by atoms with van der Waals surface area (Å²) in [4.78, 5) is 17.3. The first-order valence-electron chi connectivity index (χ1n) is 9.08. The number of halogens is 3. The molecule has 0 fully saturated rings. The molecule has 9 heteroatoms. The average Bonchev–Trinajstić information content (AvgIpc) is 3.22. The Morgan fingerprint density at radius 2 is 1.71 bits per heavy atom. The third-order valence-electron chi connectivity index (χ3n) is 4.41. The number of methoxy groups -OCH3 is 1. The van der Waals surface area contributed by atoms with Crippen molar-refractivity contribution in [1.82, 2.24) is 14.8 Å². The van der Waals surface area contributed by atoms with Crippen LogP contribution in [0.5, 0.6) is 5.75 Å². The molecule has 1 aromatic heterocycles. The molecule has 0 spiro atoms. The molecule has 0 aliphatic heterocycles. The summed E-state index contributed by atoms with van der Waals surface area (Å²) in [6.07, 6.45) is 0. The van der Waals surface area contributed by atoms with Gasteiger partial charge >= 0.3 is 0 Å². The van der Waals surface area contributed by atoms with Gasteiger partial charge < -0.3 is 10.1 Å². The fraction of sp³-hybridized carbons (Fsp3) is 0.0455. The lowest BCUT2D eigenvalue weighted by molar-refractivity contribution is 0.101. The molecular formula is C22H15BrCl2N4O2. The van der Waals surface area contributed by atoms with Gasteiger partial charge in [0.1, 0.15) is 5.75 Å². The largest absolute Gasteiger partial charge is 0.497 e. The molecule has 3 aromatic carbocycles. The minimum Gasteiger partial charge on any atom is -0.497 e. The number of aromatic nitrogens is 3. The first-order chi connectivity index (χ1) is 14.9. The maximum atomic E-state index is 12.8. The Hall–Kier alpha value is -2.87. The second kappa shape index (κ2) is 9.09. The highest BCUT2D eigenvalue weighted by Crippen LogP contribution is 2.28. The Bertz CT molecular complexity index is 1240. The van der Waals surface area contributed by atoms with E-state index >= 15 is 0 Å². The van der Waals surface area contributed by atoms with E-state index in [1.807, 2.05) is 24.3 Å². The lowest BCUT2D eigenvalue weighted by Gasteiger charge is -2.07. The zero-order valence-electron chi connectivity index (χ0n) is 16.1. The minimum atomic E-state index is -0.442. The predicted molar refractivity (Wildman–Crippen MR) is 125 cm³/mol. The Morgan fingerprint density at radius 1 is 1.00 bits per heavy atom. The van der Waals surface area contributed by atoms with Crippen molar-refractivity contribution in [2.45, 2.75) is 0 Å². The molecule has 0 radical (unpaired) electrons. The highest BCUT2D eigenvalue weighted by molar-refractivity contribution is 9.10. The Balaban J connectivity index is 1.73. The topological polar surface area (TPSA) is 69.0 Å². The van der Waals surface area contributed by atoms with Crippen LogP contribution >= 0.6 is 39.1 Å². The Labute approximate surface area is 196 Å². The van der Waals surface area contributed by atoms with Crippen LogP contribution in [0.4, 0.5) is 5.69 Å². The number of amides is 1. The number of nitrogens with one attached hydrogen (secondary N) is 1. The molecule has 156 valence electrons. The Morgan fingerprint density at radius 3 is 2.35 bits per heavy atom. The maximum Gasteiger partial charge on any atom is 0.295 e. The molecule has 4 rings (SSSR count). The van der Waals surface area contributed by atoms with E-state index in [9.17, 15) is 4.79 Å². The van der Waals surface area contributed by atoms with E-state index < -0.39 is 5.91 Å². The molecular weight excluding hydrogens is 503 g/mol. The number of nitrogens with zero attached hydrogens (tertiary/aromatic N) is 3. The molecule has 0 bridgehead atoms. The first-order valence-corrected chi connectivity index (χ1v) is 10.6. The van der Waals surface area contributed by atoms with Crippen LogP contribution in [0.15, 0.2) is 71.2 Å². The van der Waals surface area contributed by atoms with E-state index in [2.05, 4.69) is 31.3 Å². The number of rotatable bonds is 5. The van der Waals surface area contributed by atoms with Crippen molar-refractivity contribution in [1.29, 1.82) is 0 Å². The van der Waals surface area contributed by atoms with Gasteiger partial charge in [0.25, 0.3) is 5.91 Å². The summed E-state index contributed by atoms with van der Waals surface area (Å²) in [6, 6.07) is 19.6. The van der Waals surface area contributed by atoms with Gasteiger partial charge in [-0.25, -0.2) is 9.67 Å². The van der Waals surface area contributed by atoms with Crippen LogP contribution in [-0.2, 0) is 0 Å². The van der Waals surface area contributed by atoms with E-state index in [4.69, 9.17) is 27.9 Å². The lowest BCUT2D eigenvalue weighted by Crippen LogP contribution is -2.14. The van der Waals surface area contributed by atoms with Crippen molar-refractivity contribution in [3.05, 3.63) is 87.1 Å². The van der Waals surface area contributed by atoms with Gasteiger partial charge in [-0.1, -0.05) is 51.3 Å². The number of anilines is 1. The SMILES string of the molecule is COc1ccc(NC(=O)c2nc(-c3ccc(Br)cc3)n(-c3ccc(Cl)c(Cl)c3)n2)cc1. The van der Waals surface area contributed by atoms with Crippen LogP contribution in [0.25, 0.3) is 17.1 Å². The summed E-state index contributed by atoms with van der Waals surface area (Å²) in [7, 11) is 1.58. The molecule has 0 aliphatic rings. The molecule has 6 nitrogen and oxygen atoms in total. The number of carbonyl (C=O) groups is 1. The number of ether oxygens (including phenoxy) is 1. The van der Waals surface area contributed by atoms with Crippen molar-refractivity contribution < 1.29 is 9.53 Å². The van der Waals surface area contributed by atoms with Crippen LogP contribution < -0.4 is 10.1 Å². The smallest absolute Gasteiger partial charge is 0.295 e. The summed E-state index contributed by atoms with van der Waals surface area (Å²) in [5, 5.41) is 8.03. The van der Waals surface area contributed by atoms with E-state index in [0.29, 0.717) is 33.0 Å². The van der Waals surface area contributed by atoms with Crippen LogP contribution in [0, 0.1) is 0 Å². The van der Waals surface area contributed by atoms with Crippen molar-refractivity contribution in [2.75, 3.05) is 12.4 Å². The van der Waals surface area contributed by atoms with Crippen LogP contribution in [-0.4, -0.2) is 27.8 Å². The number of carbonyl (C=O) groups excluding carboxylic acids is 1. The molecule has 0 unspecified atom stereocenters. The molecule has 1 amide bonds. The summed E-state index contributed by atoms with van der Waals surface area (Å²) < 4.78 is 7.63. The molecule has 0 saturated carbocycles. The quantitative estimate of drug-likeness (QED) is 0.339. The standard InChI is InChI=1S/C22H15BrCl2N4O2/c1-31-17-9-6-15(7-10-17)26-22(30)20-27-21(13-2-4-14(23)5-3-13)29(28-20)16-8-11-18(24)19(25)12-16/h2-12H,1H3,(H,26,30). The fourth-order valence-corrected chi connectivity index (χ4v) is 3.41. The van der Waals surface area contributed by atoms with Gasteiger partial charge in [0.15, 0.2) is 5.82 Å². The zero-order chi connectivity index (χ0) is 22.0. The molecule has 0 atom stereocenters. The van der Waals surface area contributed by atoms with Crippen molar-refractivity contribution >= 4 is 50.7 Å². The van der Waals surface area contributed by atoms with E-state index in [1.54, 1.807) is 54.3 Å². The van der Waals surface area contributed by atoms with Gasteiger partial charge in [0.05, 0.1) is 22.8 Å². The maximum absolute atomic E-state index is 12.8. The fourth-order valence-electron chi connectivity index (χ4n) is 2.85. The first kappa shape index (κ1) is 21.4. The van der Waals surface area contributed by atoms with Gasteiger partial charge in [-0.15, -0.1) is 5.10 Å². The van der Waals surface area contributed by atoms with Gasteiger partial charge in [0, 0.05) is 15.7 Å². The summed E-state index contributed by atoms with van der Waals surface area (Å²) >= 11 is 15.7. The second-order valence-corrected chi connectivity index (χ2v) is 8.19. The van der Waals surface area contributed by atoms with E-state index in [1.165, 1.54) is 0 Å². The molecule has 1 heterocycles. The number of hydrogen-bond acceptors (Lipinski definition) is 4. The molecule has 31 heavy (non-hydrogen) atoms. The van der Waals surface area contributed by atoms with Crippen molar-refractivity contribution in [2.24, 2.45) is 0 Å². The van der Waals surface area contributed by atoms with Gasteiger partial charge in [-0.3, -0.25) is 4.79 Å². The molecule has 1 N–H and O–H groups in total. The highest BCUT2D eigenvalue weighted by atomic mass is 79.9. The summed E-state index contributed by atoms with van der Waals surface area (Å²) in [5.74, 6) is 0.755. The van der Waals surface area contributed by atoms with Crippen LogP contribution in [0.2, 0.25) is 10.0 Å². The number of hydrogen-bond donors (Lipinski definition) is 1. The van der Waals surface area contributed by atoms with Crippen molar-refractivity contribution in [3.63, 3.8) is 0 Å². The van der Waals surface area contributed by atoms with Gasteiger partial charge in [-0.2, -0.15) is 0 Å². The van der Waals surface area contributed by atoms with Gasteiger partial charge in [0.2, 0.25) is 5.82 Å². The highest BCUT2D eigenvalue weighted by Gasteiger charge is 2.19. The molecule has 0 aliphatic carbocycles. The summed E-state index contributed by atoms with van der Waals surface area (Å²) in [6.45, 7) is 0.